The molecule has 0 aliphatic heterocycles. The lowest BCUT2D eigenvalue weighted by atomic mass is 10.0. The molecule has 1 heterocycles. The average molecular weight is 521 g/mol. The number of nitro benzene ring substituents is 1. The third-order valence-electron chi connectivity index (χ3n) is 5.98. The largest absolute Gasteiger partial charge is 0.331 e. The summed E-state index contributed by atoms with van der Waals surface area (Å²) >= 11 is 0. The van der Waals surface area contributed by atoms with Crippen molar-refractivity contribution in [3.63, 3.8) is 0 Å². The number of hydrogen-bond acceptors (Lipinski definition) is 8. The predicted octanol–water partition coefficient (Wildman–Crippen LogP) is 6.37. The Morgan fingerprint density at radius 1 is 0.974 bits per heavy atom. The van der Waals surface area contributed by atoms with Crippen LogP contribution in [0.4, 0.5) is 5.69 Å². The van der Waals surface area contributed by atoms with Gasteiger partial charge in [0.25, 0.3) is 5.69 Å². The molecule has 0 unspecified atom stereocenters. The van der Waals surface area contributed by atoms with Crippen molar-refractivity contribution in [2.45, 2.75) is 66.7 Å². The van der Waals surface area contributed by atoms with Crippen LogP contribution >= 0.6 is 0 Å². The Balaban J connectivity index is 2.18. The van der Waals surface area contributed by atoms with Gasteiger partial charge in [0.15, 0.2) is 0 Å². The summed E-state index contributed by atoms with van der Waals surface area (Å²) in [6.45, 7) is 8.22. The fraction of sp³-hybridized carbons (Fsp3) is 0.357. The third-order valence-corrected chi connectivity index (χ3v) is 5.98. The molecule has 1 aromatic heterocycles. The summed E-state index contributed by atoms with van der Waals surface area (Å²) in [6.07, 6.45) is 6.43. The molecular weight excluding hydrogens is 488 g/mol. The number of hydrogen-bond donors (Lipinski definition) is 0. The lowest BCUT2D eigenvalue weighted by Crippen LogP contribution is -2.05. The van der Waals surface area contributed by atoms with Crippen LogP contribution in [0, 0.1) is 17.0 Å². The van der Waals surface area contributed by atoms with Gasteiger partial charge in [0.2, 0.25) is 0 Å². The first kappa shape index (κ1) is 28.2. The summed E-state index contributed by atoms with van der Waals surface area (Å²) in [5.41, 5.74) is 4.07. The molecule has 0 N–H and O–H groups in total. The molecule has 0 radical (unpaired) electrons. The average Bonchev–Trinajstić information content (AvgIpc) is 3.24. The third kappa shape index (κ3) is 6.90. The highest BCUT2D eigenvalue weighted by Gasteiger charge is 2.22. The molecule has 2 aromatic carbocycles. The van der Waals surface area contributed by atoms with Crippen molar-refractivity contribution < 1.29 is 24.2 Å². The SMILES string of the molecule is CCCCCC/C(=N\OC(C)=O)c1cn(-c2ccc(/C(C)=N/OC(C)=O)cc2[N+](=O)[O-])c2ccc(C)cc12. The highest BCUT2D eigenvalue weighted by molar-refractivity contribution is 6.11. The maximum absolute atomic E-state index is 12.1. The Kier molecular flexibility index (Phi) is 9.48. The smallest absolute Gasteiger partial charge is 0.318 e. The molecule has 0 saturated carbocycles. The highest BCUT2D eigenvalue weighted by Crippen LogP contribution is 2.32. The van der Waals surface area contributed by atoms with Gasteiger partial charge in [0, 0.05) is 42.6 Å². The first-order chi connectivity index (χ1) is 18.1. The zero-order chi connectivity index (χ0) is 27.8. The van der Waals surface area contributed by atoms with Crippen LogP contribution in [-0.4, -0.2) is 32.9 Å². The van der Waals surface area contributed by atoms with Crippen molar-refractivity contribution in [1.29, 1.82) is 0 Å². The van der Waals surface area contributed by atoms with Crippen molar-refractivity contribution in [2.24, 2.45) is 10.3 Å². The Labute approximate surface area is 221 Å². The van der Waals surface area contributed by atoms with E-state index in [2.05, 4.69) is 22.1 Å². The number of nitro groups is 1. The second kappa shape index (κ2) is 12.8. The topological polar surface area (TPSA) is 125 Å². The quantitative estimate of drug-likeness (QED) is 0.0950. The van der Waals surface area contributed by atoms with Crippen LogP contribution in [0.25, 0.3) is 16.6 Å². The van der Waals surface area contributed by atoms with E-state index in [0.717, 1.165) is 47.7 Å². The van der Waals surface area contributed by atoms with Crippen molar-refractivity contribution in [2.75, 3.05) is 0 Å². The molecule has 0 amide bonds. The minimum atomic E-state index is -0.585. The number of unbranched alkanes of at least 4 members (excludes halogenated alkanes) is 3. The van der Waals surface area contributed by atoms with E-state index in [1.54, 1.807) is 29.8 Å². The van der Waals surface area contributed by atoms with Gasteiger partial charge in [-0.3, -0.25) is 10.1 Å². The number of rotatable bonds is 11. The lowest BCUT2D eigenvalue weighted by molar-refractivity contribution is -0.384. The standard InChI is InChI=1S/C28H32N4O6/c1-6-7-8-9-10-25(30-38-21(5)34)24-17-31(26-13-11-18(2)15-23(24)26)27-14-12-22(16-28(27)32(35)36)19(3)29-37-20(4)33/h11-17H,6-10H2,1-5H3/b29-19+,30-25+. The van der Waals surface area contributed by atoms with Crippen molar-refractivity contribution in [3.05, 3.63) is 69.4 Å². The van der Waals surface area contributed by atoms with Crippen molar-refractivity contribution >= 4 is 40.0 Å². The van der Waals surface area contributed by atoms with Gasteiger partial charge in [-0.1, -0.05) is 54.2 Å². The summed E-state index contributed by atoms with van der Waals surface area (Å²) in [5.74, 6) is -1.11. The van der Waals surface area contributed by atoms with Crippen LogP contribution < -0.4 is 0 Å². The zero-order valence-electron chi connectivity index (χ0n) is 22.3. The zero-order valence-corrected chi connectivity index (χ0v) is 22.3. The molecular formula is C28H32N4O6. The van der Waals surface area contributed by atoms with E-state index in [0.29, 0.717) is 29.1 Å². The van der Waals surface area contributed by atoms with Gasteiger partial charge in [-0.05, 0) is 44.9 Å². The molecule has 0 saturated heterocycles. The van der Waals surface area contributed by atoms with E-state index in [1.807, 2.05) is 25.1 Å². The van der Waals surface area contributed by atoms with Gasteiger partial charge < -0.3 is 14.2 Å². The Bertz CT molecular complexity index is 1420. The highest BCUT2D eigenvalue weighted by atomic mass is 16.7. The molecule has 0 bridgehead atoms. The maximum atomic E-state index is 12.1. The summed E-state index contributed by atoms with van der Waals surface area (Å²) < 4.78 is 1.75. The molecule has 0 aliphatic rings. The number of nitrogens with zero attached hydrogens (tertiary/aromatic N) is 4. The first-order valence-corrected chi connectivity index (χ1v) is 12.5. The van der Waals surface area contributed by atoms with Gasteiger partial charge in [-0.15, -0.1) is 0 Å². The second-order valence-electron chi connectivity index (χ2n) is 9.09. The van der Waals surface area contributed by atoms with Gasteiger partial charge in [-0.25, -0.2) is 9.59 Å². The maximum Gasteiger partial charge on any atom is 0.331 e. The Morgan fingerprint density at radius 2 is 1.68 bits per heavy atom. The van der Waals surface area contributed by atoms with E-state index >= 15 is 0 Å². The minimum absolute atomic E-state index is 0.148. The normalized spacial score (nSPS) is 12.0. The molecule has 38 heavy (non-hydrogen) atoms. The van der Waals surface area contributed by atoms with E-state index in [-0.39, 0.29) is 5.69 Å². The monoisotopic (exact) mass is 520 g/mol. The fourth-order valence-corrected chi connectivity index (χ4v) is 4.13. The second-order valence-corrected chi connectivity index (χ2v) is 9.09. The lowest BCUT2D eigenvalue weighted by Gasteiger charge is -2.09. The van der Waals surface area contributed by atoms with Gasteiger partial charge in [-0.2, -0.15) is 0 Å². The van der Waals surface area contributed by atoms with Crippen molar-refractivity contribution in [1.82, 2.24) is 4.57 Å². The molecule has 3 rings (SSSR count). The van der Waals surface area contributed by atoms with E-state index in [4.69, 9.17) is 4.84 Å². The number of fused-ring (bicyclic) bond motifs is 1. The number of oxime groups is 2. The van der Waals surface area contributed by atoms with E-state index in [9.17, 15) is 19.7 Å². The van der Waals surface area contributed by atoms with Crippen LogP contribution in [0.2, 0.25) is 0 Å². The number of aryl methyl sites for hydroxylation is 1. The Morgan fingerprint density at radius 3 is 2.34 bits per heavy atom. The summed E-state index contributed by atoms with van der Waals surface area (Å²) in [6, 6.07) is 10.5. The van der Waals surface area contributed by atoms with Gasteiger partial charge in [0.1, 0.15) is 5.69 Å². The predicted molar refractivity (Wildman–Crippen MR) is 146 cm³/mol. The summed E-state index contributed by atoms with van der Waals surface area (Å²) in [4.78, 5) is 44.0. The molecule has 10 nitrogen and oxygen atoms in total. The number of aromatic nitrogens is 1. The van der Waals surface area contributed by atoms with Crippen LogP contribution in [0.5, 0.6) is 0 Å². The number of benzene rings is 2. The van der Waals surface area contributed by atoms with Crippen LogP contribution in [0.15, 0.2) is 52.9 Å². The molecule has 0 atom stereocenters. The molecule has 0 fully saturated rings. The number of carbonyl (C=O) groups is 2. The molecule has 3 aromatic rings. The van der Waals surface area contributed by atoms with Crippen LogP contribution in [-0.2, 0) is 19.3 Å². The first-order valence-electron chi connectivity index (χ1n) is 12.5. The van der Waals surface area contributed by atoms with Crippen LogP contribution in [0.3, 0.4) is 0 Å². The molecule has 0 spiro atoms. The minimum Gasteiger partial charge on any atom is -0.318 e. The number of carbonyl (C=O) groups excluding carboxylic acids is 2. The van der Waals surface area contributed by atoms with E-state index in [1.165, 1.54) is 19.9 Å². The molecule has 10 heteroatoms. The summed E-state index contributed by atoms with van der Waals surface area (Å²) in [7, 11) is 0. The van der Waals surface area contributed by atoms with Crippen molar-refractivity contribution in [3.8, 4) is 5.69 Å². The summed E-state index contributed by atoms with van der Waals surface area (Å²) in [5, 5.41) is 20.9. The molecule has 200 valence electrons. The van der Waals surface area contributed by atoms with Gasteiger partial charge >= 0.3 is 11.9 Å². The fourth-order valence-electron chi connectivity index (χ4n) is 4.13. The van der Waals surface area contributed by atoms with E-state index < -0.39 is 16.9 Å². The van der Waals surface area contributed by atoms with Crippen LogP contribution in [0.1, 0.15) is 76.5 Å². The van der Waals surface area contributed by atoms with Gasteiger partial charge in [0.05, 0.1) is 21.9 Å². The Hall–Kier alpha value is -4.34. The molecule has 0 aliphatic carbocycles.